The number of non-ortho nitro benzene ring substituents is 1. The Bertz CT molecular complexity index is 524. The van der Waals surface area contributed by atoms with Crippen LogP contribution in [0.25, 0.3) is 6.08 Å². The maximum Gasteiger partial charge on any atom is 0.270 e. The fraction of sp³-hybridized carbons (Fsp3) is 0.438. The summed E-state index contributed by atoms with van der Waals surface area (Å²) in [6.07, 6.45) is 4.99. The number of carbonyl (C=O) groups excluding carboxylic acids is 1. The van der Waals surface area contributed by atoms with E-state index in [9.17, 15) is 14.9 Å². The van der Waals surface area contributed by atoms with E-state index in [1.807, 2.05) is 6.92 Å². The molecule has 1 unspecified atom stereocenters. The summed E-state index contributed by atoms with van der Waals surface area (Å²) < 4.78 is 0. The van der Waals surface area contributed by atoms with E-state index in [2.05, 4.69) is 19.2 Å². The number of nitrogens with zero attached hydrogens (tertiary/aromatic N) is 1. The monoisotopic (exact) mass is 290 g/mol. The lowest BCUT2D eigenvalue weighted by molar-refractivity contribution is -0.384. The molecular weight excluding hydrogens is 268 g/mol. The minimum absolute atomic E-state index is 0.0165. The Hall–Kier alpha value is -2.17. The number of benzene rings is 1. The Morgan fingerprint density at radius 1 is 1.33 bits per heavy atom. The first-order valence-corrected chi connectivity index (χ1v) is 7.11. The molecular formula is C16H22N2O3. The van der Waals surface area contributed by atoms with Crippen LogP contribution in [0, 0.1) is 16.0 Å². The Kier molecular flexibility index (Phi) is 6.59. The van der Waals surface area contributed by atoms with Gasteiger partial charge in [0.1, 0.15) is 0 Å². The smallest absolute Gasteiger partial charge is 0.270 e. The fourth-order valence-electron chi connectivity index (χ4n) is 1.86. The third-order valence-corrected chi connectivity index (χ3v) is 3.07. The Morgan fingerprint density at radius 2 is 2.05 bits per heavy atom. The molecule has 0 aliphatic heterocycles. The summed E-state index contributed by atoms with van der Waals surface area (Å²) >= 11 is 0. The zero-order valence-corrected chi connectivity index (χ0v) is 12.7. The zero-order chi connectivity index (χ0) is 15.8. The van der Waals surface area contributed by atoms with Crippen molar-refractivity contribution in [1.82, 2.24) is 5.32 Å². The molecule has 1 atom stereocenters. The van der Waals surface area contributed by atoms with Crippen LogP contribution in [-0.4, -0.2) is 16.9 Å². The van der Waals surface area contributed by atoms with Gasteiger partial charge in [-0.15, -0.1) is 0 Å². The van der Waals surface area contributed by atoms with Crippen molar-refractivity contribution < 1.29 is 9.72 Å². The summed E-state index contributed by atoms with van der Waals surface area (Å²) in [4.78, 5) is 22.0. The average molecular weight is 290 g/mol. The van der Waals surface area contributed by atoms with E-state index in [0.29, 0.717) is 11.5 Å². The minimum Gasteiger partial charge on any atom is -0.350 e. The highest BCUT2D eigenvalue weighted by Gasteiger charge is 2.07. The van der Waals surface area contributed by atoms with Gasteiger partial charge >= 0.3 is 0 Å². The molecule has 0 aliphatic carbocycles. The summed E-state index contributed by atoms with van der Waals surface area (Å²) in [7, 11) is 0. The fourth-order valence-corrected chi connectivity index (χ4v) is 1.86. The van der Waals surface area contributed by atoms with E-state index in [1.165, 1.54) is 18.2 Å². The van der Waals surface area contributed by atoms with Crippen molar-refractivity contribution in [3.63, 3.8) is 0 Å². The van der Waals surface area contributed by atoms with Gasteiger partial charge in [0.15, 0.2) is 0 Å². The lowest BCUT2D eigenvalue weighted by atomic mass is 10.0. The van der Waals surface area contributed by atoms with Gasteiger partial charge in [0.2, 0.25) is 5.91 Å². The summed E-state index contributed by atoms with van der Waals surface area (Å²) in [5.74, 6) is 0.433. The van der Waals surface area contributed by atoms with Gasteiger partial charge in [-0.25, -0.2) is 0 Å². The molecule has 0 saturated heterocycles. The second-order valence-corrected chi connectivity index (χ2v) is 5.57. The molecule has 0 fully saturated rings. The lowest BCUT2D eigenvalue weighted by Gasteiger charge is -2.13. The van der Waals surface area contributed by atoms with Crippen molar-refractivity contribution in [3.8, 4) is 0 Å². The van der Waals surface area contributed by atoms with Crippen molar-refractivity contribution in [2.24, 2.45) is 5.92 Å². The van der Waals surface area contributed by atoms with Gasteiger partial charge in [-0.05, 0) is 37.3 Å². The molecule has 1 aromatic carbocycles. The van der Waals surface area contributed by atoms with Crippen molar-refractivity contribution in [2.45, 2.75) is 39.7 Å². The number of rotatable bonds is 7. The molecule has 1 aromatic rings. The number of amides is 1. The maximum atomic E-state index is 11.8. The van der Waals surface area contributed by atoms with Gasteiger partial charge in [-0.2, -0.15) is 0 Å². The lowest BCUT2D eigenvalue weighted by Crippen LogP contribution is -2.31. The van der Waals surface area contributed by atoms with Crippen LogP contribution >= 0.6 is 0 Å². The second kappa shape index (κ2) is 8.19. The largest absolute Gasteiger partial charge is 0.350 e. The van der Waals surface area contributed by atoms with E-state index in [4.69, 9.17) is 0 Å². The number of carbonyl (C=O) groups is 1. The second-order valence-electron chi connectivity index (χ2n) is 5.57. The Morgan fingerprint density at radius 3 is 2.67 bits per heavy atom. The molecule has 21 heavy (non-hydrogen) atoms. The number of hydrogen-bond acceptors (Lipinski definition) is 3. The van der Waals surface area contributed by atoms with Crippen LogP contribution in [0.3, 0.4) is 0 Å². The summed E-state index contributed by atoms with van der Waals surface area (Å²) in [5, 5.41) is 13.5. The third kappa shape index (κ3) is 6.70. The maximum absolute atomic E-state index is 11.8. The molecule has 5 heteroatoms. The molecule has 1 amide bonds. The predicted molar refractivity (Wildman–Crippen MR) is 83.8 cm³/mol. The van der Waals surface area contributed by atoms with Gasteiger partial charge in [-0.3, -0.25) is 14.9 Å². The zero-order valence-electron chi connectivity index (χ0n) is 12.7. The van der Waals surface area contributed by atoms with Crippen LogP contribution in [0.4, 0.5) is 5.69 Å². The van der Waals surface area contributed by atoms with Crippen molar-refractivity contribution in [2.75, 3.05) is 0 Å². The summed E-state index contributed by atoms with van der Waals surface area (Å²) in [5.41, 5.74) is 0.650. The first-order chi connectivity index (χ1) is 9.88. The first-order valence-electron chi connectivity index (χ1n) is 7.11. The molecule has 0 spiro atoms. The van der Waals surface area contributed by atoms with Crippen LogP contribution in [-0.2, 0) is 4.79 Å². The molecule has 0 aliphatic rings. The summed E-state index contributed by atoms with van der Waals surface area (Å²) in [6.45, 7) is 6.27. The molecule has 114 valence electrons. The minimum atomic E-state index is -0.453. The van der Waals surface area contributed by atoms with Crippen molar-refractivity contribution in [3.05, 3.63) is 46.0 Å². The third-order valence-electron chi connectivity index (χ3n) is 3.07. The number of nitrogens with one attached hydrogen (secondary N) is 1. The van der Waals surface area contributed by atoms with E-state index < -0.39 is 4.92 Å². The highest BCUT2D eigenvalue weighted by atomic mass is 16.6. The Labute approximate surface area is 125 Å². The van der Waals surface area contributed by atoms with E-state index in [-0.39, 0.29) is 17.6 Å². The van der Waals surface area contributed by atoms with Crippen LogP contribution in [0.2, 0.25) is 0 Å². The van der Waals surface area contributed by atoms with Crippen molar-refractivity contribution >= 4 is 17.7 Å². The van der Waals surface area contributed by atoms with Gasteiger partial charge in [-0.1, -0.05) is 26.0 Å². The molecule has 1 N–H and O–H groups in total. The molecule has 1 rings (SSSR count). The normalized spacial score (nSPS) is 12.6. The van der Waals surface area contributed by atoms with E-state index >= 15 is 0 Å². The number of nitro groups is 1. The van der Waals surface area contributed by atoms with Gasteiger partial charge in [0.05, 0.1) is 4.92 Å². The SMILES string of the molecule is CC(C)CCC(C)NC(=O)/C=C/c1cccc([N+](=O)[O-])c1. The molecule has 0 heterocycles. The van der Waals surface area contributed by atoms with Crippen LogP contribution in [0.1, 0.15) is 39.2 Å². The van der Waals surface area contributed by atoms with Gasteiger partial charge < -0.3 is 5.32 Å². The summed E-state index contributed by atoms with van der Waals surface area (Å²) in [6, 6.07) is 6.30. The molecule has 0 saturated carbocycles. The van der Waals surface area contributed by atoms with Gasteiger partial charge in [0, 0.05) is 24.3 Å². The highest BCUT2D eigenvalue weighted by Crippen LogP contribution is 2.14. The topological polar surface area (TPSA) is 72.2 Å². The molecule has 0 bridgehead atoms. The van der Waals surface area contributed by atoms with Crippen LogP contribution in [0.5, 0.6) is 0 Å². The average Bonchev–Trinajstić information content (AvgIpc) is 2.43. The first kappa shape index (κ1) is 16.9. The predicted octanol–water partition coefficient (Wildman–Crippen LogP) is 3.55. The molecule has 0 aromatic heterocycles. The highest BCUT2D eigenvalue weighted by molar-refractivity contribution is 5.91. The molecule has 5 nitrogen and oxygen atoms in total. The van der Waals surface area contributed by atoms with E-state index in [1.54, 1.807) is 18.2 Å². The molecule has 0 radical (unpaired) electrons. The van der Waals surface area contributed by atoms with Crippen LogP contribution in [0.15, 0.2) is 30.3 Å². The van der Waals surface area contributed by atoms with Crippen LogP contribution < -0.4 is 5.32 Å². The number of nitro benzene ring substituents is 1. The standard InChI is InChI=1S/C16H22N2O3/c1-12(2)7-8-13(3)17-16(19)10-9-14-5-4-6-15(11-14)18(20)21/h4-6,9-13H,7-8H2,1-3H3,(H,17,19)/b10-9+. The van der Waals surface area contributed by atoms with Crippen molar-refractivity contribution in [1.29, 1.82) is 0 Å². The number of hydrogen-bond donors (Lipinski definition) is 1. The quantitative estimate of drug-likeness (QED) is 0.474. The Balaban J connectivity index is 2.54. The van der Waals surface area contributed by atoms with Gasteiger partial charge in [0.25, 0.3) is 5.69 Å². The van der Waals surface area contributed by atoms with E-state index in [0.717, 1.165) is 12.8 Å².